The minimum Gasteiger partial charge on any atom is -0.497 e. The molecule has 1 N–H and O–H groups in total. The normalized spacial score (nSPS) is 17.6. The maximum atomic E-state index is 12.4. The molecule has 0 saturated heterocycles. The summed E-state index contributed by atoms with van der Waals surface area (Å²) in [5.41, 5.74) is 1.78. The fourth-order valence-corrected chi connectivity index (χ4v) is 4.73. The van der Waals surface area contributed by atoms with Gasteiger partial charge in [-0.25, -0.2) is 0 Å². The van der Waals surface area contributed by atoms with Crippen LogP contribution in [0.15, 0.2) is 58.9 Å². The Morgan fingerprint density at radius 2 is 2.00 bits per heavy atom. The average molecular weight is 426 g/mol. The summed E-state index contributed by atoms with van der Waals surface area (Å²) in [7, 11) is 1.57. The minimum absolute atomic E-state index is 0.0154. The number of Topliss-reactive ketones (excluding diaryl/α,β-unsaturated/α-hetero) is 1. The number of hydrogen-bond acceptors (Lipinski definition) is 7. The summed E-state index contributed by atoms with van der Waals surface area (Å²) in [4.78, 5) is 24.8. The number of nitrogens with one attached hydrogen (secondary N) is 1. The summed E-state index contributed by atoms with van der Waals surface area (Å²) < 4.78 is 5.79. The van der Waals surface area contributed by atoms with Crippen molar-refractivity contribution in [3.8, 4) is 5.75 Å². The first-order chi connectivity index (χ1) is 14.1. The number of amides is 1. The highest BCUT2D eigenvalue weighted by Gasteiger charge is 2.44. The number of thioether (sulfide) groups is 1. The number of ketones is 1. The molecule has 2 atom stereocenters. The van der Waals surface area contributed by atoms with Gasteiger partial charge in [0, 0.05) is 11.5 Å². The molecule has 6 nitrogen and oxygen atoms in total. The van der Waals surface area contributed by atoms with Crippen molar-refractivity contribution in [1.82, 2.24) is 10.2 Å². The van der Waals surface area contributed by atoms with E-state index in [1.165, 1.54) is 28.7 Å². The summed E-state index contributed by atoms with van der Waals surface area (Å²) >= 11 is 2.59. The lowest BCUT2D eigenvalue weighted by Crippen LogP contribution is -2.14. The van der Waals surface area contributed by atoms with Crippen LogP contribution >= 0.6 is 23.1 Å². The first-order valence-electron chi connectivity index (χ1n) is 9.13. The molecule has 1 aromatic heterocycles. The molecular weight excluding hydrogens is 406 g/mol. The van der Waals surface area contributed by atoms with Crippen LogP contribution in [0.4, 0.5) is 5.13 Å². The Labute approximate surface area is 176 Å². The fourth-order valence-electron chi connectivity index (χ4n) is 3.08. The predicted octanol–water partition coefficient (Wildman–Crippen LogP) is 4.26. The fraction of sp³-hybridized carbons (Fsp3) is 0.238. The van der Waals surface area contributed by atoms with Gasteiger partial charge in [0.15, 0.2) is 10.1 Å². The van der Waals surface area contributed by atoms with Crippen LogP contribution < -0.4 is 10.1 Å². The summed E-state index contributed by atoms with van der Waals surface area (Å²) in [5.74, 6) is 1.10. The monoisotopic (exact) mass is 425 g/mol. The van der Waals surface area contributed by atoms with Crippen LogP contribution in [0.25, 0.3) is 0 Å². The van der Waals surface area contributed by atoms with E-state index in [4.69, 9.17) is 4.74 Å². The van der Waals surface area contributed by atoms with E-state index in [-0.39, 0.29) is 29.3 Å². The molecule has 1 fully saturated rings. The Hall–Kier alpha value is -2.71. The number of hydrogen-bond donors (Lipinski definition) is 1. The molecule has 8 heteroatoms. The second-order valence-electron chi connectivity index (χ2n) is 6.67. The molecule has 29 heavy (non-hydrogen) atoms. The molecule has 0 spiro atoms. The molecule has 3 aromatic rings. The molecule has 0 radical (unpaired) electrons. The lowest BCUT2D eigenvalue weighted by molar-refractivity contribution is -0.117. The van der Waals surface area contributed by atoms with E-state index < -0.39 is 0 Å². The minimum atomic E-state index is -0.0287. The number of ether oxygens (including phenoxy) is 1. The van der Waals surface area contributed by atoms with E-state index in [0.717, 1.165) is 6.42 Å². The highest BCUT2D eigenvalue weighted by molar-refractivity contribution is 8.01. The van der Waals surface area contributed by atoms with Crippen LogP contribution in [0.5, 0.6) is 5.75 Å². The zero-order chi connectivity index (χ0) is 20.2. The summed E-state index contributed by atoms with van der Waals surface area (Å²) in [6, 6.07) is 17.1. The van der Waals surface area contributed by atoms with E-state index >= 15 is 0 Å². The molecule has 1 aliphatic carbocycles. The third kappa shape index (κ3) is 4.83. The highest BCUT2D eigenvalue weighted by Crippen LogP contribution is 2.48. The van der Waals surface area contributed by atoms with E-state index in [9.17, 15) is 9.59 Å². The summed E-state index contributed by atoms with van der Waals surface area (Å²) in [6.07, 6.45) is 0.852. The number of nitrogens with zero attached hydrogens (tertiary/aromatic N) is 2. The maximum absolute atomic E-state index is 12.4. The zero-order valence-corrected chi connectivity index (χ0v) is 17.3. The van der Waals surface area contributed by atoms with Crippen LogP contribution in [-0.4, -0.2) is 34.8 Å². The van der Waals surface area contributed by atoms with Crippen LogP contribution in [-0.2, 0) is 4.79 Å². The molecule has 148 valence electrons. The number of rotatable bonds is 8. The number of carbonyl (C=O) groups excluding carboxylic acids is 2. The van der Waals surface area contributed by atoms with Gasteiger partial charge in [-0.1, -0.05) is 65.6 Å². The third-order valence-electron chi connectivity index (χ3n) is 4.71. The van der Waals surface area contributed by atoms with Crippen molar-refractivity contribution in [2.75, 3.05) is 18.2 Å². The van der Waals surface area contributed by atoms with Gasteiger partial charge in [-0.15, -0.1) is 10.2 Å². The Kier molecular flexibility index (Phi) is 5.92. The summed E-state index contributed by atoms with van der Waals surface area (Å²) in [6.45, 7) is 0. The SMILES string of the molecule is COc1cccc(C(=O)CSc2nnc(NC(=O)[C@H]3C[C@H]3c3ccccc3)s2)c1. The second kappa shape index (κ2) is 8.75. The van der Waals surface area contributed by atoms with Crippen LogP contribution in [0, 0.1) is 5.92 Å². The molecule has 1 aliphatic rings. The zero-order valence-electron chi connectivity index (χ0n) is 15.7. The topological polar surface area (TPSA) is 81.2 Å². The van der Waals surface area contributed by atoms with Gasteiger partial charge in [-0.2, -0.15) is 0 Å². The van der Waals surface area contributed by atoms with Gasteiger partial charge in [0.1, 0.15) is 5.75 Å². The number of aromatic nitrogens is 2. The molecule has 0 bridgehead atoms. The van der Waals surface area contributed by atoms with Crippen molar-refractivity contribution in [3.63, 3.8) is 0 Å². The Morgan fingerprint density at radius 3 is 2.79 bits per heavy atom. The van der Waals surface area contributed by atoms with Crippen molar-refractivity contribution < 1.29 is 14.3 Å². The highest BCUT2D eigenvalue weighted by atomic mass is 32.2. The quantitative estimate of drug-likeness (QED) is 0.330. The molecule has 1 saturated carbocycles. The maximum Gasteiger partial charge on any atom is 0.229 e. The number of benzene rings is 2. The third-order valence-corrected chi connectivity index (χ3v) is 6.68. The van der Waals surface area contributed by atoms with E-state index in [2.05, 4.69) is 27.6 Å². The molecule has 1 amide bonds. The van der Waals surface area contributed by atoms with Crippen molar-refractivity contribution in [3.05, 3.63) is 65.7 Å². The molecule has 0 unspecified atom stereocenters. The molecule has 1 heterocycles. The smallest absolute Gasteiger partial charge is 0.229 e. The molecule has 4 rings (SSSR count). The van der Waals surface area contributed by atoms with Gasteiger partial charge in [-0.3, -0.25) is 9.59 Å². The van der Waals surface area contributed by atoms with Crippen LogP contribution in [0.2, 0.25) is 0 Å². The molecule has 2 aromatic carbocycles. The lowest BCUT2D eigenvalue weighted by Gasteiger charge is -2.02. The van der Waals surface area contributed by atoms with Gasteiger partial charge in [0.2, 0.25) is 11.0 Å². The number of anilines is 1. The van der Waals surface area contributed by atoms with Gasteiger partial charge in [-0.05, 0) is 30.0 Å². The van der Waals surface area contributed by atoms with E-state index in [1.54, 1.807) is 31.4 Å². The van der Waals surface area contributed by atoms with Gasteiger partial charge < -0.3 is 10.1 Å². The van der Waals surface area contributed by atoms with Gasteiger partial charge in [0.25, 0.3) is 0 Å². The summed E-state index contributed by atoms with van der Waals surface area (Å²) in [5, 5.41) is 11.4. The van der Waals surface area contributed by atoms with Crippen molar-refractivity contribution in [1.29, 1.82) is 0 Å². The Bertz CT molecular complexity index is 1020. The van der Waals surface area contributed by atoms with Crippen LogP contribution in [0.1, 0.15) is 28.3 Å². The molecular formula is C21H19N3O3S2. The van der Waals surface area contributed by atoms with E-state index in [0.29, 0.717) is 20.8 Å². The average Bonchev–Trinajstić information content (AvgIpc) is 3.46. The van der Waals surface area contributed by atoms with Crippen molar-refractivity contribution in [2.45, 2.75) is 16.7 Å². The first kappa shape index (κ1) is 19.6. The van der Waals surface area contributed by atoms with Crippen molar-refractivity contribution >= 4 is 39.9 Å². The largest absolute Gasteiger partial charge is 0.497 e. The molecule has 0 aliphatic heterocycles. The van der Waals surface area contributed by atoms with E-state index in [1.807, 2.05) is 18.2 Å². The first-order valence-corrected chi connectivity index (χ1v) is 10.9. The van der Waals surface area contributed by atoms with Gasteiger partial charge >= 0.3 is 0 Å². The second-order valence-corrected chi connectivity index (χ2v) is 8.87. The Morgan fingerprint density at radius 1 is 1.17 bits per heavy atom. The van der Waals surface area contributed by atoms with Crippen molar-refractivity contribution in [2.24, 2.45) is 5.92 Å². The lowest BCUT2D eigenvalue weighted by atomic mass is 10.1. The standard InChI is InChI=1S/C21H19N3O3S2/c1-27-15-9-5-8-14(10-15)18(25)12-28-21-24-23-20(29-21)22-19(26)17-11-16(17)13-6-3-2-4-7-13/h2-10,16-17H,11-12H2,1H3,(H,22,23,26)/t16-,17-/m0/s1. The van der Waals surface area contributed by atoms with Gasteiger partial charge in [0.05, 0.1) is 12.9 Å². The predicted molar refractivity (Wildman–Crippen MR) is 114 cm³/mol. The number of carbonyl (C=O) groups is 2. The Balaban J connectivity index is 1.28. The number of methoxy groups -OCH3 is 1. The van der Waals surface area contributed by atoms with Crippen LogP contribution in [0.3, 0.4) is 0 Å².